The van der Waals surface area contributed by atoms with Crippen molar-refractivity contribution in [2.45, 2.75) is 57.2 Å². The molecule has 0 bridgehead atoms. The Kier molecular flexibility index (Phi) is 7.04. The lowest BCUT2D eigenvalue weighted by atomic mass is 9.75. The predicted octanol–water partition coefficient (Wildman–Crippen LogP) is 7.48. The number of rotatable bonds is 7. The van der Waals surface area contributed by atoms with Gasteiger partial charge in [-0.1, -0.05) is 12.0 Å². The molecule has 1 aliphatic rings. The van der Waals surface area contributed by atoms with E-state index in [1.165, 1.54) is 12.1 Å². The summed E-state index contributed by atoms with van der Waals surface area (Å²) >= 11 is 0. The average Bonchev–Trinajstić information content (AvgIpc) is 3.39. The van der Waals surface area contributed by atoms with Crippen molar-refractivity contribution in [2.24, 2.45) is 5.92 Å². The second-order valence-corrected chi connectivity index (χ2v) is 9.54. The number of fused-ring (bicyclic) bond motifs is 1. The van der Waals surface area contributed by atoms with Crippen LogP contribution in [0.2, 0.25) is 0 Å². The number of methoxy groups -OCH3 is 1. The van der Waals surface area contributed by atoms with Crippen LogP contribution >= 0.6 is 0 Å². The summed E-state index contributed by atoms with van der Waals surface area (Å²) < 4.78 is 51.0. The Morgan fingerprint density at radius 2 is 1.78 bits per heavy atom. The third-order valence-corrected chi connectivity index (χ3v) is 7.39. The highest BCUT2D eigenvalue weighted by molar-refractivity contribution is 5.83. The molecule has 0 radical (unpaired) electrons. The second kappa shape index (κ2) is 10.4. The van der Waals surface area contributed by atoms with Gasteiger partial charge in [0.05, 0.1) is 18.2 Å². The highest BCUT2D eigenvalue weighted by Gasteiger charge is 2.32. The Labute approximate surface area is 213 Å². The van der Waals surface area contributed by atoms with Gasteiger partial charge in [-0.2, -0.15) is 13.2 Å². The molecule has 1 unspecified atom stereocenters. The van der Waals surface area contributed by atoms with E-state index in [4.69, 9.17) is 9.15 Å². The van der Waals surface area contributed by atoms with E-state index in [-0.39, 0.29) is 12.0 Å². The maximum absolute atomic E-state index is 13.3. The molecule has 0 amide bonds. The van der Waals surface area contributed by atoms with Crippen molar-refractivity contribution < 1.29 is 22.3 Å². The minimum absolute atomic E-state index is 0.163. The van der Waals surface area contributed by atoms with E-state index in [9.17, 15) is 13.2 Å². The number of benzene rings is 2. The Balaban J connectivity index is 1.26. The number of hydrogen-bond acceptors (Lipinski definition) is 6. The first-order valence-electron chi connectivity index (χ1n) is 12.6. The summed E-state index contributed by atoms with van der Waals surface area (Å²) in [5.74, 6) is 1.79. The third kappa shape index (κ3) is 5.40. The van der Waals surface area contributed by atoms with Gasteiger partial charge in [0.15, 0.2) is 0 Å². The summed E-state index contributed by atoms with van der Waals surface area (Å²) in [6.45, 7) is 2.12. The van der Waals surface area contributed by atoms with Crippen LogP contribution in [0.5, 0.6) is 5.75 Å². The molecule has 0 spiro atoms. The molecule has 1 aliphatic carbocycles. The Bertz CT molecular complexity index is 1350. The molecule has 2 aromatic carbocycles. The normalized spacial score (nSPS) is 19.1. The number of ether oxygens (including phenoxy) is 1. The van der Waals surface area contributed by atoms with E-state index in [0.29, 0.717) is 28.7 Å². The zero-order valence-corrected chi connectivity index (χ0v) is 20.8. The average molecular weight is 511 g/mol. The SMILES string of the molecule is CCC(Nc1nnc(-c2ccc(OC)cc2)o1)C1CCC(c2ccnc3ccc(C(F)(F)F)cc23)CC1. The summed E-state index contributed by atoms with van der Waals surface area (Å²) in [5, 5.41) is 12.4. The summed E-state index contributed by atoms with van der Waals surface area (Å²) in [5.41, 5.74) is 1.74. The number of nitrogens with zero attached hydrogens (tertiary/aromatic N) is 3. The fourth-order valence-electron chi connectivity index (χ4n) is 5.38. The van der Waals surface area contributed by atoms with E-state index < -0.39 is 11.7 Å². The molecule has 37 heavy (non-hydrogen) atoms. The molecule has 0 saturated heterocycles. The molecule has 1 fully saturated rings. The minimum atomic E-state index is -4.37. The molecule has 9 heteroatoms. The molecule has 194 valence electrons. The maximum Gasteiger partial charge on any atom is 0.416 e. The van der Waals surface area contributed by atoms with Crippen LogP contribution < -0.4 is 10.1 Å². The van der Waals surface area contributed by atoms with Gasteiger partial charge >= 0.3 is 12.2 Å². The van der Waals surface area contributed by atoms with Gasteiger partial charge in [0, 0.05) is 23.2 Å². The van der Waals surface area contributed by atoms with Gasteiger partial charge in [0.1, 0.15) is 5.75 Å². The van der Waals surface area contributed by atoms with Crippen molar-refractivity contribution in [1.29, 1.82) is 0 Å². The number of hydrogen-bond donors (Lipinski definition) is 1. The molecule has 4 aromatic rings. The smallest absolute Gasteiger partial charge is 0.416 e. The molecule has 2 aromatic heterocycles. The van der Waals surface area contributed by atoms with Crippen LogP contribution in [0.4, 0.5) is 19.2 Å². The lowest BCUT2D eigenvalue weighted by Gasteiger charge is -2.34. The lowest BCUT2D eigenvalue weighted by Crippen LogP contribution is -2.31. The van der Waals surface area contributed by atoms with Crippen LogP contribution in [-0.2, 0) is 6.18 Å². The van der Waals surface area contributed by atoms with Crippen molar-refractivity contribution in [2.75, 3.05) is 12.4 Å². The molecule has 1 N–H and O–H groups in total. The van der Waals surface area contributed by atoms with Crippen molar-refractivity contribution >= 4 is 16.9 Å². The Morgan fingerprint density at radius 1 is 1.03 bits per heavy atom. The number of pyridine rings is 1. The van der Waals surface area contributed by atoms with E-state index >= 15 is 0 Å². The quantitative estimate of drug-likeness (QED) is 0.278. The number of nitrogens with one attached hydrogen (secondary N) is 1. The molecular formula is C28H29F3N4O2. The van der Waals surface area contributed by atoms with Gasteiger partial charge in [-0.3, -0.25) is 4.98 Å². The molecule has 1 atom stereocenters. The van der Waals surface area contributed by atoms with Crippen LogP contribution in [0.25, 0.3) is 22.4 Å². The number of alkyl halides is 3. The van der Waals surface area contributed by atoms with Crippen molar-refractivity contribution in [3.8, 4) is 17.2 Å². The van der Waals surface area contributed by atoms with Gasteiger partial charge in [-0.25, -0.2) is 0 Å². The predicted molar refractivity (Wildman–Crippen MR) is 135 cm³/mol. The van der Waals surface area contributed by atoms with Gasteiger partial charge < -0.3 is 14.5 Å². The fraction of sp³-hybridized carbons (Fsp3) is 0.393. The minimum Gasteiger partial charge on any atom is -0.497 e. The first kappa shape index (κ1) is 25.0. The maximum atomic E-state index is 13.3. The van der Waals surface area contributed by atoms with Crippen molar-refractivity contribution in [3.63, 3.8) is 0 Å². The second-order valence-electron chi connectivity index (χ2n) is 9.54. The summed E-state index contributed by atoms with van der Waals surface area (Å²) in [4.78, 5) is 4.29. The summed E-state index contributed by atoms with van der Waals surface area (Å²) in [7, 11) is 1.62. The highest BCUT2D eigenvalue weighted by atomic mass is 19.4. The molecular weight excluding hydrogens is 481 g/mol. The molecule has 2 heterocycles. The monoisotopic (exact) mass is 510 g/mol. The van der Waals surface area contributed by atoms with E-state index in [2.05, 4.69) is 27.4 Å². The van der Waals surface area contributed by atoms with E-state index in [0.717, 1.165) is 55.0 Å². The highest BCUT2D eigenvalue weighted by Crippen LogP contribution is 2.41. The molecule has 6 nitrogen and oxygen atoms in total. The Hall–Kier alpha value is -3.62. The summed E-state index contributed by atoms with van der Waals surface area (Å²) in [6.07, 6.45) is 1.93. The lowest BCUT2D eigenvalue weighted by molar-refractivity contribution is -0.137. The first-order chi connectivity index (χ1) is 17.9. The number of halogens is 3. The summed E-state index contributed by atoms with van der Waals surface area (Å²) in [6, 6.07) is 13.7. The molecule has 5 rings (SSSR count). The van der Waals surface area contributed by atoms with Crippen LogP contribution in [0.3, 0.4) is 0 Å². The topological polar surface area (TPSA) is 73.1 Å². The van der Waals surface area contributed by atoms with Gasteiger partial charge in [0.2, 0.25) is 5.89 Å². The van der Waals surface area contributed by atoms with Crippen LogP contribution in [0.15, 0.2) is 59.1 Å². The first-order valence-corrected chi connectivity index (χ1v) is 12.6. The third-order valence-electron chi connectivity index (χ3n) is 7.39. The van der Waals surface area contributed by atoms with Crippen LogP contribution in [-0.4, -0.2) is 28.3 Å². The fourth-order valence-corrected chi connectivity index (χ4v) is 5.38. The molecule has 1 saturated carbocycles. The number of anilines is 1. The largest absolute Gasteiger partial charge is 0.497 e. The zero-order chi connectivity index (χ0) is 26.0. The van der Waals surface area contributed by atoms with Gasteiger partial charge in [0.25, 0.3) is 0 Å². The van der Waals surface area contributed by atoms with Crippen LogP contribution in [0, 0.1) is 5.92 Å². The molecule has 0 aliphatic heterocycles. The number of aromatic nitrogens is 3. The zero-order valence-electron chi connectivity index (χ0n) is 20.8. The van der Waals surface area contributed by atoms with E-state index in [1.807, 2.05) is 30.3 Å². The van der Waals surface area contributed by atoms with Crippen LogP contribution in [0.1, 0.15) is 56.1 Å². The standard InChI is InChI=1S/C28H29F3N4O2/c1-3-24(33-27-35-34-26(37-27)19-8-11-21(36-2)12-9-19)18-6-4-17(5-7-18)22-14-15-32-25-13-10-20(16-23(22)25)28(29,30)31/h8-18,24H,3-7H2,1-2H3,(H,33,35). The van der Waals surface area contributed by atoms with Gasteiger partial charge in [-0.15, -0.1) is 5.10 Å². The Morgan fingerprint density at radius 3 is 2.46 bits per heavy atom. The van der Waals surface area contributed by atoms with Crippen molar-refractivity contribution in [1.82, 2.24) is 15.2 Å². The van der Waals surface area contributed by atoms with Gasteiger partial charge in [-0.05, 0) is 98.0 Å². The van der Waals surface area contributed by atoms with Crippen molar-refractivity contribution in [3.05, 3.63) is 65.9 Å². The van der Waals surface area contributed by atoms with E-state index in [1.54, 1.807) is 13.3 Å².